The summed E-state index contributed by atoms with van der Waals surface area (Å²) in [6, 6.07) is 5.00. The van der Waals surface area contributed by atoms with E-state index in [4.69, 9.17) is 10.5 Å². The van der Waals surface area contributed by atoms with E-state index >= 15 is 0 Å². The maximum absolute atomic E-state index is 13.2. The summed E-state index contributed by atoms with van der Waals surface area (Å²) in [5, 5.41) is 0. The molecule has 1 aromatic carbocycles. The molecule has 0 fully saturated rings. The highest BCUT2D eigenvalue weighted by Gasteiger charge is 2.01. The quantitative estimate of drug-likeness (QED) is 0.680. The molecular formula is C15H24FNO. The van der Waals surface area contributed by atoms with Gasteiger partial charge < -0.3 is 10.5 Å². The highest BCUT2D eigenvalue weighted by atomic mass is 19.1. The van der Waals surface area contributed by atoms with Gasteiger partial charge in [-0.05, 0) is 24.1 Å². The molecule has 0 aromatic heterocycles. The van der Waals surface area contributed by atoms with E-state index in [2.05, 4.69) is 6.92 Å². The Hall–Kier alpha value is -0.930. The predicted molar refractivity (Wildman–Crippen MR) is 72.7 cm³/mol. The molecule has 3 heteroatoms. The van der Waals surface area contributed by atoms with E-state index in [0.29, 0.717) is 12.2 Å². The third-order valence-electron chi connectivity index (χ3n) is 2.99. The van der Waals surface area contributed by atoms with E-state index < -0.39 is 0 Å². The Morgan fingerprint density at radius 2 is 1.94 bits per heavy atom. The molecule has 0 aliphatic carbocycles. The van der Waals surface area contributed by atoms with Crippen molar-refractivity contribution < 1.29 is 9.13 Å². The van der Waals surface area contributed by atoms with Crippen LogP contribution in [0.1, 0.15) is 50.2 Å². The zero-order valence-corrected chi connectivity index (χ0v) is 11.3. The van der Waals surface area contributed by atoms with Gasteiger partial charge in [-0.1, -0.05) is 38.7 Å². The van der Waals surface area contributed by atoms with E-state index in [1.54, 1.807) is 12.1 Å². The van der Waals surface area contributed by atoms with E-state index in [1.165, 1.54) is 31.7 Å². The van der Waals surface area contributed by atoms with Gasteiger partial charge in [0, 0.05) is 18.7 Å². The van der Waals surface area contributed by atoms with Crippen LogP contribution >= 0.6 is 0 Å². The third kappa shape index (κ3) is 5.61. The second kappa shape index (κ2) is 9.06. The summed E-state index contributed by atoms with van der Waals surface area (Å²) in [6.07, 6.45) is 6.18. The number of unbranched alkanes of at least 4 members (excludes halogenated alkanes) is 4. The van der Waals surface area contributed by atoms with E-state index in [1.807, 2.05) is 0 Å². The molecular weight excluding hydrogens is 229 g/mol. The van der Waals surface area contributed by atoms with Crippen molar-refractivity contribution in [3.63, 3.8) is 0 Å². The molecule has 1 rings (SSSR count). The fraction of sp³-hybridized carbons (Fsp3) is 0.600. The van der Waals surface area contributed by atoms with Gasteiger partial charge in [0.25, 0.3) is 0 Å². The van der Waals surface area contributed by atoms with Crippen LogP contribution in [0.15, 0.2) is 18.2 Å². The number of halogens is 1. The average molecular weight is 253 g/mol. The molecule has 0 saturated heterocycles. The van der Waals surface area contributed by atoms with Crippen LogP contribution in [0.2, 0.25) is 0 Å². The Labute approximate surface area is 109 Å². The molecule has 0 spiro atoms. The van der Waals surface area contributed by atoms with Crippen LogP contribution in [-0.2, 0) is 17.9 Å². The van der Waals surface area contributed by atoms with Crippen LogP contribution in [0.25, 0.3) is 0 Å². The lowest BCUT2D eigenvalue weighted by Crippen LogP contribution is -2.02. The number of hydrogen-bond donors (Lipinski definition) is 1. The van der Waals surface area contributed by atoms with Gasteiger partial charge in [-0.2, -0.15) is 0 Å². The van der Waals surface area contributed by atoms with Gasteiger partial charge in [-0.3, -0.25) is 0 Å². The van der Waals surface area contributed by atoms with Crippen LogP contribution in [-0.4, -0.2) is 6.61 Å². The normalized spacial score (nSPS) is 10.8. The molecule has 18 heavy (non-hydrogen) atoms. The fourth-order valence-corrected chi connectivity index (χ4v) is 1.87. The van der Waals surface area contributed by atoms with Crippen molar-refractivity contribution in [3.8, 4) is 0 Å². The lowest BCUT2D eigenvalue weighted by molar-refractivity contribution is 0.116. The SMILES string of the molecule is CCCCCCCOCc1ccc(F)c(CN)c1. The second-order valence-corrected chi connectivity index (χ2v) is 4.60. The van der Waals surface area contributed by atoms with Crippen molar-refractivity contribution in [1.82, 2.24) is 0 Å². The minimum atomic E-state index is -0.235. The average Bonchev–Trinajstić information content (AvgIpc) is 2.39. The predicted octanol–water partition coefficient (Wildman–Crippen LogP) is 3.77. The molecule has 0 aliphatic rings. The molecule has 0 aliphatic heterocycles. The van der Waals surface area contributed by atoms with Crippen LogP contribution in [0.5, 0.6) is 0 Å². The minimum Gasteiger partial charge on any atom is -0.377 e. The molecule has 0 radical (unpaired) electrons. The number of nitrogens with two attached hydrogens (primary N) is 1. The molecule has 0 bridgehead atoms. The van der Waals surface area contributed by atoms with Gasteiger partial charge in [0.2, 0.25) is 0 Å². The maximum Gasteiger partial charge on any atom is 0.127 e. The van der Waals surface area contributed by atoms with Gasteiger partial charge in [-0.25, -0.2) is 4.39 Å². The monoisotopic (exact) mass is 253 g/mol. The number of rotatable bonds is 9. The molecule has 0 unspecified atom stereocenters. The third-order valence-corrected chi connectivity index (χ3v) is 2.99. The zero-order valence-electron chi connectivity index (χ0n) is 11.3. The van der Waals surface area contributed by atoms with Crippen LogP contribution in [0, 0.1) is 5.82 Å². The summed E-state index contributed by atoms with van der Waals surface area (Å²) in [5.41, 5.74) is 7.01. The number of hydrogen-bond acceptors (Lipinski definition) is 2. The molecule has 2 N–H and O–H groups in total. The van der Waals surface area contributed by atoms with Crippen LogP contribution in [0.3, 0.4) is 0 Å². The highest BCUT2D eigenvalue weighted by Crippen LogP contribution is 2.11. The Morgan fingerprint density at radius 1 is 1.17 bits per heavy atom. The smallest absolute Gasteiger partial charge is 0.127 e. The van der Waals surface area contributed by atoms with Crippen molar-refractivity contribution in [3.05, 3.63) is 35.1 Å². The Bertz CT molecular complexity index is 341. The standard InChI is InChI=1S/C15H24FNO/c1-2-3-4-5-6-9-18-12-13-7-8-15(16)14(10-13)11-17/h7-8,10H,2-6,9,11-12,17H2,1H3. The number of ether oxygens (including phenoxy) is 1. The zero-order chi connectivity index (χ0) is 13.2. The summed E-state index contributed by atoms with van der Waals surface area (Å²) < 4.78 is 18.8. The Kier molecular flexibility index (Phi) is 7.62. The first-order valence-electron chi connectivity index (χ1n) is 6.83. The molecule has 102 valence electrons. The summed E-state index contributed by atoms with van der Waals surface area (Å²) in [6.45, 7) is 3.76. The van der Waals surface area contributed by atoms with Crippen LogP contribution in [0.4, 0.5) is 4.39 Å². The molecule has 0 saturated carbocycles. The van der Waals surface area contributed by atoms with E-state index in [-0.39, 0.29) is 12.4 Å². The van der Waals surface area contributed by atoms with Crippen molar-refractivity contribution in [1.29, 1.82) is 0 Å². The van der Waals surface area contributed by atoms with Crippen LogP contribution < -0.4 is 5.73 Å². The van der Waals surface area contributed by atoms with Gasteiger partial charge >= 0.3 is 0 Å². The lowest BCUT2D eigenvalue weighted by Gasteiger charge is -2.06. The van der Waals surface area contributed by atoms with Crippen molar-refractivity contribution >= 4 is 0 Å². The van der Waals surface area contributed by atoms with Crippen molar-refractivity contribution in [2.24, 2.45) is 5.73 Å². The first-order valence-corrected chi connectivity index (χ1v) is 6.83. The highest BCUT2D eigenvalue weighted by molar-refractivity contribution is 5.24. The lowest BCUT2D eigenvalue weighted by atomic mass is 10.1. The summed E-state index contributed by atoms with van der Waals surface area (Å²) in [7, 11) is 0. The first kappa shape index (κ1) is 15.1. The fourth-order valence-electron chi connectivity index (χ4n) is 1.87. The Morgan fingerprint density at radius 3 is 2.67 bits per heavy atom. The Balaban J connectivity index is 2.19. The molecule has 0 atom stereocenters. The first-order chi connectivity index (χ1) is 8.77. The topological polar surface area (TPSA) is 35.2 Å². The van der Waals surface area contributed by atoms with Crippen molar-refractivity contribution in [2.75, 3.05) is 6.61 Å². The van der Waals surface area contributed by atoms with Gasteiger partial charge in [0.1, 0.15) is 5.82 Å². The minimum absolute atomic E-state index is 0.233. The molecule has 0 heterocycles. The summed E-state index contributed by atoms with van der Waals surface area (Å²) in [5.74, 6) is -0.235. The van der Waals surface area contributed by atoms with Gasteiger partial charge in [0.05, 0.1) is 6.61 Å². The summed E-state index contributed by atoms with van der Waals surface area (Å²) in [4.78, 5) is 0. The van der Waals surface area contributed by atoms with Crippen molar-refractivity contribution in [2.45, 2.75) is 52.2 Å². The summed E-state index contributed by atoms with van der Waals surface area (Å²) >= 11 is 0. The largest absolute Gasteiger partial charge is 0.377 e. The molecule has 2 nitrogen and oxygen atoms in total. The second-order valence-electron chi connectivity index (χ2n) is 4.60. The van der Waals surface area contributed by atoms with Gasteiger partial charge in [-0.15, -0.1) is 0 Å². The maximum atomic E-state index is 13.2. The van der Waals surface area contributed by atoms with Gasteiger partial charge in [0.15, 0.2) is 0 Å². The number of benzene rings is 1. The van der Waals surface area contributed by atoms with E-state index in [0.717, 1.165) is 18.6 Å². The molecule has 0 amide bonds. The van der Waals surface area contributed by atoms with E-state index in [9.17, 15) is 4.39 Å². The molecule has 1 aromatic rings.